The summed E-state index contributed by atoms with van der Waals surface area (Å²) < 4.78 is 0. The Kier molecular flexibility index (Phi) is 7.89. The van der Waals surface area contributed by atoms with Gasteiger partial charge in [-0.15, -0.1) is 0 Å². The topological polar surface area (TPSA) is 6.48 Å². The van der Waals surface area contributed by atoms with Crippen LogP contribution in [0.3, 0.4) is 0 Å². The Morgan fingerprint density at radius 1 is 0.217 bits per heavy atom. The summed E-state index contributed by atoms with van der Waals surface area (Å²) in [6.07, 6.45) is 0. The number of benzene rings is 10. The summed E-state index contributed by atoms with van der Waals surface area (Å²) >= 11 is 0. The van der Waals surface area contributed by atoms with Crippen molar-refractivity contribution in [3.8, 4) is 66.8 Å². The van der Waals surface area contributed by atoms with E-state index < -0.39 is 0 Å². The molecule has 0 unspecified atom stereocenters. The lowest BCUT2D eigenvalue weighted by atomic mass is 9.91. The zero-order chi connectivity index (χ0) is 39.6. The second-order valence-corrected chi connectivity index (χ2v) is 15.7. The highest BCUT2D eigenvalue weighted by atomic mass is 15.2. The van der Waals surface area contributed by atoms with Crippen molar-refractivity contribution in [2.75, 3.05) is 9.80 Å². The van der Waals surface area contributed by atoms with Crippen molar-refractivity contribution in [3.05, 3.63) is 231 Å². The van der Waals surface area contributed by atoms with E-state index in [1.54, 1.807) is 0 Å². The van der Waals surface area contributed by atoms with E-state index in [0.717, 1.165) is 39.6 Å². The fourth-order valence-electron chi connectivity index (χ4n) is 9.61. The van der Waals surface area contributed by atoms with Gasteiger partial charge < -0.3 is 9.80 Å². The third kappa shape index (κ3) is 5.42. The van der Waals surface area contributed by atoms with Crippen molar-refractivity contribution in [1.29, 1.82) is 0 Å². The minimum absolute atomic E-state index is 1.11. The van der Waals surface area contributed by atoms with Gasteiger partial charge in [0.25, 0.3) is 0 Å². The molecule has 0 atom stereocenters. The van der Waals surface area contributed by atoms with E-state index in [1.165, 1.54) is 72.1 Å². The van der Waals surface area contributed by atoms with Crippen molar-refractivity contribution in [1.82, 2.24) is 0 Å². The van der Waals surface area contributed by atoms with Crippen LogP contribution in [-0.4, -0.2) is 0 Å². The Labute approximate surface area is 350 Å². The minimum Gasteiger partial charge on any atom is -0.309 e. The van der Waals surface area contributed by atoms with E-state index in [4.69, 9.17) is 0 Å². The minimum atomic E-state index is 1.11. The maximum absolute atomic E-state index is 2.47. The zero-order valence-corrected chi connectivity index (χ0v) is 32.8. The molecular weight excluding hydrogens is 725 g/mol. The summed E-state index contributed by atoms with van der Waals surface area (Å²) in [6.45, 7) is 0. The highest BCUT2D eigenvalue weighted by molar-refractivity contribution is 6.06. The van der Waals surface area contributed by atoms with Gasteiger partial charge in [0.15, 0.2) is 0 Å². The number of hydrogen-bond donors (Lipinski definition) is 0. The number of hydrogen-bond acceptors (Lipinski definition) is 2. The SMILES string of the molecule is c1ccc(N2c3ccccc3-c3ccccc3-c3ccc(-c4ccc5c(c4)N(c4ccc(-c6cccc7ccccc67)cc4)c4ccccc4-c4ccccc4-5)cc32)cc1. The summed E-state index contributed by atoms with van der Waals surface area (Å²) in [4.78, 5) is 4.90. The molecule has 0 saturated heterocycles. The third-order valence-electron chi connectivity index (χ3n) is 12.4. The quantitative estimate of drug-likeness (QED) is 0.176. The summed E-state index contributed by atoms with van der Waals surface area (Å²) in [5.74, 6) is 0. The normalized spacial score (nSPS) is 12.3. The maximum Gasteiger partial charge on any atom is 0.0546 e. The summed E-state index contributed by atoms with van der Waals surface area (Å²) in [7, 11) is 0. The van der Waals surface area contributed by atoms with E-state index in [-0.39, 0.29) is 0 Å². The van der Waals surface area contributed by atoms with Crippen molar-refractivity contribution in [3.63, 3.8) is 0 Å². The van der Waals surface area contributed by atoms with E-state index in [0.29, 0.717) is 0 Å². The number of anilines is 6. The summed E-state index contributed by atoms with van der Waals surface area (Å²) in [5.41, 5.74) is 21.4. The molecule has 0 bridgehead atoms. The number of fused-ring (bicyclic) bond motifs is 11. The van der Waals surface area contributed by atoms with Crippen LogP contribution >= 0.6 is 0 Å². The molecule has 0 saturated carbocycles. The van der Waals surface area contributed by atoms with Crippen LogP contribution < -0.4 is 9.80 Å². The first kappa shape index (κ1) is 34.1. The van der Waals surface area contributed by atoms with Crippen molar-refractivity contribution >= 4 is 44.9 Å². The first-order valence-electron chi connectivity index (χ1n) is 20.7. The molecule has 0 aromatic heterocycles. The Morgan fingerprint density at radius 3 is 1.15 bits per heavy atom. The molecule has 2 aliphatic rings. The standard InChI is InChI=1S/C58H38N2/c1-2-17-43(18-3-1)59-55-27-12-10-24-51(55)47-20-6-8-22-49(47)53-35-31-41(37-57(53)59)42-32-36-54-50-23-9-7-21-48(50)52-25-11-13-28-56(52)60(58(54)38-42)44-33-29-40(30-34-44)46-26-14-16-39-15-4-5-19-45(39)46/h1-38H. The van der Waals surface area contributed by atoms with Crippen LogP contribution in [0.5, 0.6) is 0 Å². The molecule has 60 heavy (non-hydrogen) atoms. The van der Waals surface area contributed by atoms with Gasteiger partial charge in [-0.05, 0) is 104 Å². The van der Waals surface area contributed by atoms with Gasteiger partial charge in [0, 0.05) is 33.6 Å². The monoisotopic (exact) mass is 762 g/mol. The molecule has 280 valence electrons. The fourth-order valence-corrected chi connectivity index (χ4v) is 9.61. The Hall–Kier alpha value is -7.94. The fraction of sp³-hybridized carbons (Fsp3) is 0. The molecule has 10 aromatic carbocycles. The van der Waals surface area contributed by atoms with Crippen LogP contribution in [0.2, 0.25) is 0 Å². The van der Waals surface area contributed by atoms with Gasteiger partial charge in [-0.25, -0.2) is 0 Å². The lowest BCUT2D eigenvalue weighted by molar-refractivity contribution is 1.29. The first-order chi connectivity index (χ1) is 29.8. The summed E-state index contributed by atoms with van der Waals surface area (Å²) in [5, 5.41) is 2.51. The highest BCUT2D eigenvalue weighted by Crippen LogP contribution is 2.54. The second-order valence-electron chi connectivity index (χ2n) is 15.7. The van der Waals surface area contributed by atoms with E-state index >= 15 is 0 Å². The molecule has 2 aliphatic heterocycles. The molecule has 2 nitrogen and oxygen atoms in total. The molecule has 2 heteroatoms. The number of rotatable bonds is 4. The van der Waals surface area contributed by atoms with Crippen LogP contribution in [0.4, 0.5) is 34.1 Å². The number of para-hydroxylation sites is 3. The molecule has 0 aliphatic carbocycles. The van der Waals surface area contributed by atoms with Crippen molar-refractivity contribution in [2.45, 2.75) is 0 Å². The average Bonchev–Trinajstić information content (AvgIpc) is 3.53. The van der Waals surface area contributed by atoms with Crippen molar-refractivity contribution in [2.24, 2.45) is 0 Å². The Balaban J connectivity index is 1.06. The lowest BCUT2D eigenvalue weighted by Crippen LogP contribution is -2.11. The van der Waals surface area contributed by atoms with Gasteiger partial charge in [0.2, 0.25) is 0 Å². The first-order valence-corrected chi connectivity index (χ1v) is 20.7. The molecule has 0 amide bonds. The zero-order valence-electron chi connectivity index (χ0n) is 32.8. The van der Waals surface area contributed by atoms with Crippen LogP contribution in [0, 0.1) is 0 Å². The van der Waals surface area contributed by atoms with Gasteiger partial charge in [-0.2, -0.15) is 0 Å². The molecule has 12 rings (SSSR count). The van der Waals surface area contributed by atoms with Gasteiger partial charge in [-0.1, -0.05) is 182 Å². The second kappa shape index (κ2) is 13.9. The maximum atomic E-state index is 2.47. The van der Waals surface area contributed by atoms with Crippen LogP contribution in [0.1, 0.15) is 0 Å². The lowest BCUT2D eigenvalue weighted by Gasteiger charge is -2.29. The van der Waals surface area contributed by atoms with Crippen molar-refractivity contribution < 1.29 is 0 Å². The molecule has 10 aromatic rings. The predicted molar refractivity (Wildman–Crippen MR) is 253 cm³/mol. The smallest absolute Gasteiger partial charge is 0.0546 e. The van der Waals surface area contributed by atoms with Gasteiger partial charge >= 0.3 is 0 Å². The molecule has 0 radical (unpaired) electrons. The predicted octanol–water partition coefficient (Wildman–Crippen LogP) is 16.4. The van der Waals surface area contributed by atoms with Gasteiger partial charge in [0.05, 0.1) is 22.7 Å². The number of nitrogens with zero attached hydrogens (tertiary/aromatic N) is 2. The average molecular weight is 763 g/mol. The highest BCUT2D eigenvalue weighted by Gasteiger charge is 2.29. The van der Waals surface area contributed by atoms with E-state index in [2.05, 4.69) is 240 Å². The molecule has 2 heterocycles. The molecule has 0 spiro atoms. The Bertz CT molecular complexity index is 3270. The van der Waals surface area contributed by atoms with E-state index in [1.807, 2.05) is 0 Å². The summed E-state index contributed by atoms with van der Waals surface area (Å²) in [6, 6.07) is 84.5. The largest absolute Gasteiger partial charge is 0.309 e. The van der Waals surface area contributed by atoms with E-state index in [9.17, 15) is 0 Å². The molecular formula is C58H38N2. The third-order valence-corrected chi connectivity index (χ3v) is 12.4. The Morgan fingerprint density at radius 2 is 0.600 bits per heavy atom. The van der Waals surface area contributed by atoms with Gasteiger partial charge in [-0.3, -0.25) is 0 Å². The molecule has 0 N–H and O–H groups in total. The van der Waals surface area contributed by atoms with Crippen LogP contribution in [-0.2, 0) is 0 Å². The molecule has 0 fully saturated rings. The van der Waals surface area contributed by atoms with Crippen LogP contribution in [0.25, 0.3) is 77.5 Å². The van der Waals surface area contributed by atoms with Gasteiger partial charge in [0.1, 0.15) is 0 Å². The van der Waals surface area contributed by atoms with Crippen LogP contribution in [0.15, 0.2) is 231 Å².